The molecule has 1 heterocycles. The van der Waals surface area contributed by atoms with Gasteiger partial charge in [-0.05, 0) is 42.5 Å². The average Bonchev–Trinajstić information content (AvgIpc) is 3.39. The lowest BCUT2D eigenvalue weighted by atomic mass is 10.1. The van der Waals surface area contributed by atoms with Gasteiger partial charge < -0.3 is 19.5 Å². The van der Waals surface area contributed by atoms with Gasteiger partial charge in [0.1, 0.15) is 35.6 Å². The molecule has 6 nitrogen and oxygen atoms in total. The maximum absolute atomic E-state index is 14.0. The largest absolute Gasteiger partial charge is 0.492 e. The zero-order valence-corrected chi connectivity index (χ0v) is 22.9. The van der Waals surface area contributed by atoms with Crippen LogP contribution in [0.4, 0.5) is 22.0 Å². The first-order chi connectivity index (χ1) is 20.2. The van der Waals surface area contributed by atoms with E-state index in [2.05, 4.69) is 10.2 Å². The molecule has 5 rings (SSSR count). The van der Waals surface area contributed by atoms with Crippen LogP contribution >= 0.6 is 0 Å². The van der Waals surface area contributed by atoms with Crippen LogP contribution in [0.3, 0.4) is 0 Å². The van der Waals surface area contributed by atoms with Gasteiger partial charge in [-0.3, -0.25) is 4.90 Å². The highest BCUT2D eigenvalue weighted by Gasteiger charge is 2.55. The fourth-order valence-corrected chi connectivity index (χ4v) is 5.47. The van der Waals surface area contributed by atoms with Crippen LogP contribution in [0.1, 0.15) is 18.1 Å². The molecule has 1 aliphatic carbocycles. The molecule has 2 aliphatic rings. The fourth-order valence-electron chi connectivity index (χ4n) is 5.47. The van der Waals surface area contributed by atoms with Crippen LogP contribution in [0, 0.1) is 40.9 Å². The topological polar surface area (TPSA) is 60.0 Å². The number of ether oxygens (including phenoxy) is 3. The Kier molecular flexibility index (Phi) is 9.27. The number of likely N-dealkylation sites (tertiary alicyclic amines) is 1. The van der Waals surface area contributed by atoms with Gasteiger partial charge in [0, 0.05) is 68.5 Å². The molecule has 4 atom stereocenters. The van der Waals surface area contributed by atoms with Crippen molar-refractivity contribution >= 4 is 5.97 Å². The number of nitrogens with one attached hydrogen (secondary N) is 1. The summed E-state index contributed by atoms with van der Waals surface area (Å²) in [6.45, 7) is 4.61. The van der Waals surface area contributed by atoms with E-state index in [9.17, 15) is 26.7 Å². The van der Waals surface area contributed by atoms with E-state index < -0.39 is 41.2 Å². The van der Waals surface area contributed by atoms with E-state index in [1.807, 2.05) is 0 Å². The Bertz CT molecular complexity index is 1370. The minimum Gasteiger partial charge on any atom is -0.492 e. The minimum atomic E-state index is -1.18. The van der Waals surface area contributed by atoms with Crippen molar-refractivity contribution < 1.29 is 41.0 Å². The zero-order chi connectivity index (χ0) is 29.8. The monoisotopic (exact) mass is 590 g/mol. The first-order valence-electron chi connectivity index (χ1n) is 13.8. The lowest BCUT2D eigenvalue weighted by molar-refractivity contribution is -0.151. The first-order valence-corrected chi connectivity index (χ1v) is 13.8. The van der Waals surface area contributed by atoms with Crippen molar-refractivity contribution in [3.05, 3.63) is 94.8 Å². The number of hydrogen-bond acceptors (Lipinski definition) is 6. The molecule has 0 aromatic heterocycles. The lowest BCUT2D eigenvalue weighted by Crippen LogP contribution is -2.33. The molecule has 1 N–H and O–H groups in total. The molecule has 0 spiro atoms. The Morgan fingerprint density at radius 3 is 2.24 bits per heavy atom. The third-order valence-corrected chi connectivity index (χ3v) is 7.51. The number of benzene rings is 3. The number of carbonyl (C=O) groups excluding carboxylic acids is 1. The second kappa shape index (κ2) is 13.1. The van der Waals surface area contributed by atoms with Crippen LogP contribution in [0.25, 0.3) is 0 Å². The van der Waals surface area contributed by atoms with Gasteiger partial charge in [0.25, 0.3) is 0 Å². The van der Waals surface area contributed by atoms with E-state index in [0.717, 1.165) is 42.9 Å². The molecule has 0 amide bonds. The summed E-state index contributed by atoms with van der Waals surface area (Å²) in [6, 6.07) is 11.7. The lowest BCUT2D eigenvalue weighted by Gasteiger charge is -2.20. The van der Waals surface area contributed by atoms with Crippen molar-refractivity contribution in [2.75, 3.05) is 32.8 Å². The molecule has 2 fully saturated rings. The Balaban J connectivity index is 1.04. The molecule has 42 heavy (non-hydrogen) atoms. The molecule has 224 valence electrons. The van der Waals surface area contributed by atoms with Gasteiger partial charge >= 0.3 is 5.97 Å². The number of fused-ring (bicyclic) bond motifs is 1. The second-order valence-corrected chi connectivity index (χ2v) is 10.5. The van der Waals surface area contributed by atoms with Gasteiger partial charge in [0.05, 0.1) is 6.61 Å². The third kappa shape index (κ3) is 7.38. The highest BCUT2D eigenvalue weighted by Crippen LogP contribution is 2.45. The standard InChI is InChI=1S/C31H31F5N2O4/c1-2-40-31(39)29(42-23-12-20(32)11-21(33)13-23)9-18-3-5-22(6-4-18)41-8-7-37-30-24-16-38(17-25(24)30)15-19-10-27(35)28(36)14-26(19)34/h3-6,10-14,24-25,29-30,37H,2,7-9,15-17H2,1H3/t24-,25+,29-,30+/m0/s1. The van der Waals surface area contributed by atoms with Crippen LogP contribution in [-0.2, 0) is 22.5 Å². The van der Waals surface area contributed by atoms with Crippen LogP contribution in [-0.4, -0.2) is 55.9 Å². The van der Waals surface area contributed by atoms with Crippen LogP contribution in [0.15, 0.2) is 54.6 Å². The highest BCUT2D eigenvalue weighted by atomic mass is 19.2. The Morgan fingerprint density at radius 1 is 0.905 bits per heavy atom. The summed E-state index contributed by atoms with van der Waals surface area (Å²) >= 11 is 0. The molecule has 3 aromatic rings. The summed E-state index contributed by atoms with van der Waals surface area (Å²) in [7, 11) is 0. The third-order valence-electron chi connectivity index (χ3n) is 7.51. The zero-order valence-electron chi connectivity index (χ0n) is 22.9. The Hall–Kier alpha value is -3.70. The summed E-state index contributed by atoms with van der Waals surface area (Å²) in [6.07, 6.45) is -0.963. The van der Waals surface area contributed by atoms with Gasteiger partial charge in [-0.2, -0.15) is 0 Å². The molecule has 0 radical (unpaired) electrons. The number of nitrogens with zero attached hydrogens (tertiary/aromatic N) is 1. The summed E-state index contributed by atoms with van der Waals surface area (Å²) < 4.78 is 84.2. The maximum atomic E-state index is 14.0. The highest BCUT2D eigenvalue weighted by molar-refractivity contribution is 5.75. The van der Waals surface area contributed by atoms with Crippen LogP contribution in [0.2, 0.25) is 0 Å². The fraction of sp³-hybridized carbons (Fsp3) is 0.387. The summed E-state index contributed by atoms with van der Waals surface area (Å²) in [5.74, 6) is -3.85. The Morgan fingerprint density at radius 2 is 1.57 bits per heavy atom. The van der Waals surface area contributed by atoms with Crippen LogP contribution in [0.5, 0.6) is 11.5 Å². The van der Waals surface area contributed by atoms with E-state index >= 15 is 0 Å². The van der Waals surface area contributed by atoms with Crippen molar-refractivity contribution in [2.45, 2.75) is 32.0 Å². The predicted molar refractivity (Wildman–Crippen MR) is 143 cm³/mol. The molecule has 1 saturated carbocycles. The molecule has 0 bridgehead atoms. The number of rotatable bonds is 13. The van der Waals surface area contributed by atoms with Gasteiger partial charge in [-0.15, -0.1) is 0 Å². The van der Waals surface area contributed by atoms with Gasteiger partial charge in [-0.1, -0.05) is 12.1 Å². The molecular formula is C31H31F5N2O4. The Labute approximate surface area is 240 Å². The van der Waals surface area contributed by atoms with E-state index in [-0.39, 0.29) is 30.9 Å². The average molecular weight is 591 g/mol. The van der Waals surface area contributed by atoms with Crippen molar-refractivity contribution in [3.63, 3.8) is 0 Å². The number of hydrogen-bond donors (Lipinski definition) is 1. The number of esters is 1. The van der Waals surface area contributed by atoms with E-state index in [4.69, 9.17) is 14.2 Å². The van der Waals surface area contributed by atoms with Crippen molar-refractivity contribution in [1.29, 1.82) is 0 Å². The predicted octanol–water partition coefficient (Wildman–Crippen LogP) is 5.03. The van der Waals surface area contributed by atoms with Gasteiger partial charge in [0.2, 0.25) is 0 Å². The molecule has 3 aromatic carbocycles. The molecule has 1 saturated heterocycles. The second-order valence-electron chi connectivity index (χ2n) is 10.5. The quantitative estimate of drug-likeness (QED) is 0.130. The molecule has 1 aliphatic heterocycles. The molecular weight excluding hydrogens is 559 g/mol. The maximum Gasteiger partial charge on any atom is 0.347 e. The van der Waals surface area contributed by atoms with Gasteiger partial charge in [0.15, 0.2) is 17.7 Å². The van der Waals surface area contributed by atoms with Gasteiger partial charge in [-0.25, -0.2) is 26.7 Å². The van der Waals surface area contributed by atoms with E-state index in [1.54, 1.807) is 31.2 Å². The summed E-state index contributed by atoms with van der Waals surface area (Å²) in [4.78, 5) is 14.5. The first kappa shape index (κ1) is 29.8. The van der Waals surface area contributed by atoms with Crippen molar-refractivity contribution in [3.8, 4) is 11.5 Å². The summed E-state index contributed by atoms with van der Waals surface area (Å²) in [5, 5.41) is 3.48. The molecule has 0 unspecified atom stereocenters. The normalized spacial score (nSPS) is 20.2. The molecule has 11 heteroatoms. The smallest absolute Gasteiger partial charge is 0.347 e. The summed E-state index contributed by atoms with van der Waals surface area (Å²) in [5.41, 5.74) is 0.902. The number of carbonyl (C=O) groups is 1. The van der Waals surface area contributed by atoms with E-state index in [0.29, 0.717) is 42.8 Å². The number of halogens is 5. The van der Waals surface area contributed by atoms with Crippen molar-refractivity contribution in [1.82, 2.24) is 10.2 Å². The SMILES string of the molecule is CCOC(=O)[C@H](Cc1ccc(OCCN[C@H]2[C@@H]3CN(Cc4cc(F)c(F)cc4F)C[C@@H]32)cc1)Oc1cc(F)cc(F)c1. The minimum absolute atomic E-state index is 0.109. The number of piperidine rings is 1. The van der Waals surface area contributed by atoms with Crippen molar-refractivity contribution in [2.24, 2.45) is 11.8 Å². The van der Waals surface area contributed by atoms with Crippen LogP contribution < -0.4 is 14.8 Å². The van der Waals surface area contributed by atoms with E-state index in [1.165, 1.54) is 0 Å².